The number of rotatable bonds is 10. The lowest BCUT2D eigenvalue weighted by Gasteiger charge is -2.24. The Kier molecular flexibility index (Phi) is 5.82. The SMILES string of the molecule is CCCCCCN1CC2C(C1)C2(C)c1cccc(NS(=O)(=O)CC(N)=O)c1. The van der Waals surface area contributed by atoms with Crippen LogP contribution in [0.15, 0.2) is 24.3 Å². The molecule has 1 aliphatic heterocycles. The van der Waals surface area contributed by atoms with Crippen molar-refractivity contribution >= 4 is 21.6 Å². The number of hydrogen-bond acceptors (Lipinski definition) is 4. The summed E-state index contributed by atoms with van der Waals surface area (Å²) in [6.07, 6.45) is 5.17. The molecule has 1 aromatic rings. The van der Waals surface area contributed by atoms with Crippen molar-refractivity contribution in [1.82, 2.24) is 4.90 Å². The maximum atomic E-state index is 12.0. The molecule has 150 valence electrons. The number of carbonyl (C=O) groups excluding carboxylic acids is 1. The summed E-state index contributed by atoms with van der Waals surface area (Å²) in [5.74, 6) is -0.282. The normalized spacial score (nSPS) is 27.3. The number of nitrogens with zero attached hydrogens (tertiary/aromatic N) is 1. The first-order valence-electron chi connectivity index (χ1n) is 9.88. The van der Waals surface area contributed by atoms with Crippen LogP contribution in [0, 0.1) is 11.8 Å². The Morgan fingerprint density at radius 1 is 1.26 bits per heavy atom. The molecule has 1 saturated carbocycles. The average Bonchev–Trinajstić information content (AvgIpc) is 2.93. The number of carbonyl (C=O) groups is 1. The lowest BCUT2D eigenvalue weighted by atomic mass is 9.92. The summed E-state index contributed by atoms with van der Waals surface area (Å²) in [5.41, 5.74) is 6.79. The summed E-state index contributed by atoms with van der Waals surface area (Å²) in [4.78, 5) is 13.5. The van der Waals surface area contributed by atoms with Crippen LogP contribution in [0.4, 0.5) is 5.69 Å². The number of nitrogens with two attached hydrogens (primary N) is 1. The smallest absolute Gasteiger partial charge is 0.241 e. The van der Waals surface area contributed by atoms with Crippen LogP contribution >= 0.6 is 0 Å². The van der Waals surface area contributed by atoms with E-state index in [1.807, 2.05) is 12.1 Å². The number of fused-ring (bicyclic) bond motifs is 1. The zero-order valence-electron chi connectivity index (χ0n) is 16.3. The first-order valence-corrected chi connectivity index (χ1v) is 11.5. The van der Waals surface area contributed by atoms with Gasteiger partial charge in [0, 0.05) is 24.2 Å². The predicted molar refractivity (Wildman–Crippen MR) is 108 cm³/mol. The van der Waals surface area contributed by atoms with E-state index in [9.17, 15) is 13.2 Å². The van der Waals surface area contributed by atoms with Crippen molar-refractivity contribution in [1.29, 1.82) is 0 Å². The fourth-order valence-electron chi connectivity index (χ4n) is 4.66. The van der Waals surface area contributed by atoms with E-state index in [4.69, 9.17) is 5.73 Å². The third-order valence-electron chi connectivity index (χ3n) is 6.25. The molecule has 2 fully saturated rings. The van der Waals surface area contributed by atoms with Gasteiger partial charge in [-0.05, 0) is 42.5 Å². The van der Waals surface area contributed by atoms with Gasteiger partial charge in [-0.25, -0.2) is 8.42 Å². The summed E-state index contributed by atoms with van der Waals surface area (Å²) < 4.78 is 26.4. The molecule has 2 atom stereocenters. The third kappa shape index (κ3) is 4.46. The van der Waals surface area contributed by atoms with E-state index in [2.05, 4.69) is 29.5 Å². The van der Waals surface area contributed by atoms with Gasteiger partial charge in [-0.3, -0.25) is 9.52 Å². The molecule has 3 N–H and O–H groups in total. The molecule has 27 heavy (non-hydrogen) atoms. The number of sulfonamides is 1. The maximum absolute atomic E-state index is 12.0. The van der Waals surface area contributed by atoms with Gasteiger partial charge in [-0.15, -0.1) is 0 Å². The van der Waals surface area contributed by atoms with Gasteiger partial charge in [-0.1, -0.05) is 45.2 Å². The van der Waals surface area contributed by atoms with E-state index in [0.29, 0.717) is 17.5 Å². The molecular weight excluding hydrogens is 362 g/mol. The third-order valence-corrected chi connectivity index (χ3v) is 7.46. The van der Waals surface area contributed by atoms with Crippen LogP contribution in [0.3, 0.4) is 0 Å². The Hall–Kier alpha value is -1.60. The minimum absolute atomic E-state index is 0.116. The van der Waals surface area contributed by atoms with Crippen LogP contribution in [0.1, 0.15) is 45.1 Å². The molecule has 0 radical (unpaired) electrons. The number of anilines is 1. The highest BCUT2D eigenvalue weighted by Crippen LogP contribution is 2.63. The Labute approximate surface area is 162 Å². The van der Waals surface area contributed by atoms with Gasteiger partial charge in [0.2, 0.25) is 15.9 Å². The lowest BCUT2D eigenvalue weighted by Crippen LogP contribution is -2.30. The molecule has 0 bridgehead atoms. The molecule has 1 saturated heterocycles. The van der Waals surface area contributed by atoms with Gasteiger partial charge >= 0.3 is 0 Å². The van der Waals surface area contributed by atoms with Crippen LogP contribution in [0.25, 0.3) is 0 Å². The molecule has 0 aromatic heterocycles. The van der Waals surface area contributed by atoms with Crippen LogP contribution in [0.2, 0.25) is 0 Å². The number of piperidine rings is 1. The number of unbranched alkanes of at least 4 members (excludes halogenated alkanes) is 3. The van der Waals surface area contributed by atoms with Crippen LogP contribution in [-0.2, 0) is 20.2 Å². The number of hydrogen-bond donors (Lipinski definition) is 2. The zero-order valence-corrected chi connectivity index (χ0v) is 17.1. The Morgan fingerprint density at radius 2 is 1.96 bits per heavy atom. The van der Waals surface area contributed by atoms with E-state index in [1.54, 1.807) is 6.07 Å². The molecule has 0 spiro atoms. The summed E-state index contributed by atoms with van der Waals surface area (Å²) in [6.45, 7) is 7.97. The second-order valence-electron chi connectivity index (χ2n) is 8.22. The van der Waals surface area contributed by atoms with Crippen molar-refractivity contribution in [3.05, 3.63) is 29.8 Å². The second kappa shape index (κ2) is 7.80. The fraction of sp³-hybridized carbons (Fsp3) is 0.650. The van der Waals surface area contributed by atoms with Crippen molar-refractivity contribution < 1.29 is 13.2 Å². The Bertz CT molecular complexity index is 781. The lowest BCUT2D eigenvalue weighted by molar-refractivity contribution is -0.115. The van der Waals surface area contributed by atoms with Gasteiger partial charge in [-0.2, -0.15) is 0 Å². The van der Waals surface area contributed by atoms with Crippen molar-refractivity contribution in [2.24, 2.45) is 17.6 Å². The number of likely N-dealkylation sites (tertiary alicyclic amines) is 1. The predicted octanol–water partition coefficient (Wildman–Crippen LogP) is 2.31. The summed E-state index contributed by atoms with van der Waals surface area (Å²) in [6, 6.07) is 7.57. The van der Waals surface area contributed by atoms with E-state index in [1.165, 1.54) is 37.8 Å². The van der Waals surface area contributed by atoms with Crippen LogP contribution in [0.5, 0.6) is 0 Å². The highest BCUT2D eigenvalue weighted by Gasteiger charge is 2.65. The van der Waals surface area contributed by atoms with E-state index in [0.717, 1.165) is 13.1 Å². The molecular formula is C20H31N3O3S. The number of amides is 1. The van der Waals surface area contributed by atoms with Crippen molar-refractivity contribution in [2.45, 2.75) is 44.9 Å². The van der Waals surface area contributed by atoms with Crippen LogP contribution in [-0.4, -0.2) is 44.6 Å². The van der Waals surface area contributed by atoms with Gasteiger partial charge in [0.25, 0.3) is 0 Å². The number of primary amides is 1. The first-order chi connectivity index (χ1) is 12.8. The molecule has 1 heterocycles. The highest BCUT2D eigenvalue weighted by atomic mass is 32.2. The zero-order chi connectivity index (χ0) is 19.7. The minimum atomic E-state index is -3.75. The Morgan fingerprint density at radius 3 is 2.59 bits per heavy atom. The maximum Gasteiger partial charge on any atom is 0.241 e. The number of nitrogens with one attached hydrogen (secondary N) is 1. The van der Waals surface area contributed by atoms with Crippen molar-refractivity contribution in [3.8, 4) is 0 Å². The second-order valence-corrected chi connectivity index (χ2v) is 9.95. The van der Waals surface area contributed by atoms with E-state index in [-0.39, 0.29) is 5.41 Å². The largest absolute Gasteiger partial charge is 0.369 e. The fourth-order valence-corrected chi connectivity index (χ4v) is 5.59. The van der Waals surface area contributed by atoms with Gasteiger partial charge in [0.05, 0.1) is 0 Å². The highest BCUT2D eigenvalue weighted by molar-refractivity contribution is 7.93. The van der Waals surface area contributed by atoms with E-state index < -0.39 is 21.7 Å². The van der Waals surface area contributed by atoms with Gasteiger partial charge in [0.15, 0.2) is 0 Å². The molecule has 1 amide bonds. The van der Waals surface area contributed by atoms with Gasteiger partial charge in [0.1, 0.15) is 5.75 Å². The average molecular weight is 394 g/mol. The van der Waals surface area contributed by atoms with Crippen molar-refractivity contribution in [3.63, 3.8) is 0 Å². The monoisotopic (exact) mass is 393 g/mol. The summed E-state index contributed by atoms with van der Waals surface area (Å²) >= 11 is 0. The summed E-state index contributed by atoms with van der Waals surface area (Å²) in [7, 11) is -3.75. The molecule has 7 heteroatoms. The molecule has 6 nitrogen and oxygen atoms in total. The minimum Gasteiger partial charge on any atom is -0.369 e. The topological polar surface area (TPSA) is 92.5 Å². The van der Waals surface area contributed by atoms with Crippen molar-refractivity contribution in [2.75, 3.05) is 30.1 Å². The number of benzene rings is 1. The molecule has 2 aliphatic rings. The van der Waals surface area contributed by atoms with Crippen LogP contribution < -0.4 is 10.5 Å². The molecule has 1 aliphatic carbocycles. The van der Waals surface area contributed by atoms with E-state index >= 15 is 0 Å². The molecule has 3 rings (SSSR count). The molecule has 2 unspecified atom stereocenters. The Balaban J connectivity index is 1.60. The van der Waals surface area contributed by atoms with Gasteiger partial charge < -0.3 is 10.6 Å². The standard InChI is InChI=1S/C20H31N3O3S/c1-3-4-5-6-10-23-12-17-18(13-23)20(17,2)15-8-7-9-16(11-15)22-27(25,26)14-19(21)24/h7-9,11,17-18,22H,3-6,10,12-14H2,1-2H3,(H2,21,24). The quantitative estimate of drug-likeness (QED) is 0.597. The molecule has 1 aromatic carbocycles. The first kappa shape index (κ1) is 20.1. The summed E-state index contributed by atoms with van der Waals surface area (Å²) in [5, 5.41) is 0.